The molecule has 1 N–H and O–H groups in total. The topological polar surface area (TPSA) is 89.4 Å². The van der Waals surface area contributed by atoms with Crippen LogP contribution in [0.2, 0.25) is 0 Å². The van der Waals surface area contributed by atoms with E-state index in [1.165, 1.54) is 0 Å². The average molecular weight is 361 g/mol. The molecule has 128 valence electrons. The third-order valence-corrected chi connectivity index (χ3v) is 4.47. The lowest BCUT2D eigenvalue weighted by Crippen LogP contribution is -2.04. The first-order valence-electron chi connectivity index (χ1n) is 7.99. The van der Waals surface area contributed by atoms with E-state index in [9.17, 15) is 0 Å². The Hall–Kier alpha value is -3.26. The Morgan fingerprint density at radius 2 is 1.96 bits per heavy atom. The van der Waals surface area contributed by atoms with Gasteiger partial charge in [0.1, 0.15) is 16.5 Å². The van der Waals surface area contributed by atoms with Crippen molar-refractivity contribution in [2.24, 2.45) is 0 Å². The Morgan fingerprint density at radius 3 is 2.77 bits per heavy atom. The molecule has 0 radical (unpaired) electrons. The van der Waals surface area contributed by atoms with Crippen LogP contribution in [-0.4, -0.2) is 29.9 Å². The van der Waals surface area contributed by atoms with E-state index in [1.807, 2.05) is 30.5 Å². The molecular formula is C18H15N7S. The molecule has 4 aromatic heterocycles. The van der Waals surface area contributed by atoms with Crippen molar-refractivity contribution in [2.45, 2.75) is 13.5 Å². The quantitative estimate of drug-likeness (QED) is 0.583. The van der Waals surface area contributed by atoms with Crippen LogP contribution in [0.3, 0.4) is 0 Å². The van der Waals surface area contributed by atoms with E-state index in [0.29, 0.717) is 12.4 Å². The largest absolute Gasteiger partial charge is 0.364 e. The van der Waals surface area contributed by atoms with Crippen molar-refractivity contribution in [3.63, 3.8) is 0 Å². The highest BCUT2D eigenvalue weighted by Gasteiger charge is 2.08. The Kier molecular flexibility index (Phi) is 4.57. The second-order valence-electron chi connectivity index (χ2n) is 5.55. The van der Waals surface area contributed by atoms with Crippen molar-refractivity contribution in [3.05, 3.63) is 66.0 Å². The Labute approximate surface area is 154 Å². The van der Waals surface area contributed by atoms with Crippen LogP contribution in [0, 0.1) is 6.92 Å². The highest BCUT2D eigenvalue weighted by atomic mass is 32.1. The maximum absolute atomic E-state index is 4.60. The molecule has 7 nitrogen and oxygen atoms in total. The smallest absolute Gasteiger partial charge is 0.163 e. The van der Waals surface area contributed by atoms with E-state index in [1.54, 1.807) is 42.3 Å². The summed E-state index contributed by atoms with van der Waals surface area (Å²) < 4.78 is 0. The highest BCUT2D eigenvalue weighted by Crippen LogP contribution is 2.22. The third-order valence-electron chi connectivity index (χ3n) is 3.56. The van der Waals surface area contributed by atoms with E-state index in [-0.39, 0.29) is 0 Å². The Balaban J connectivity index is 1.50. The van der Waals surface area contributed by atoms with Gasteiger partial charge in [0.15, 0.2) is 5.82 Å². The van der Waals surface area contributed by atoms with Crippen molar-refractivity contribution >= 4 is 17.2 Å². The molecule has 4 heterocycles. The van der Waals surface area contributed by atoms with E-state index >= 15 is 0 Å². The summed E-state index contributed by atoms with van der Waals surface area (Å²) in [5.41, 5.74) is 3.48. The molecule has 0 spiro atoms. The summed E-state index contributed by atoms with van der Waals surface area (Å²) in [6.07, 6.45) is 8.51. The van der Waals surface area contributed by atoms with E-state index < -0.39 is 0 Å². The lowest BCUT2D eigenvalue weighted by Gasteiger charge is -2.07. The molecule has 4 aromatic rings. The van der Waals surface area contributed by atoms with Gasteiger partial charge in [0.2, 0.25) is 0 Å². The maximum Gasteiger partial charge on any atom is 0.163 e. The number of aryl methyl sites for hydroxylation is 1. The number of hydrogen-bond acceptors (Lipinski definition) is 8. The number of hydrogen-bond donors (Lipinski definition) is 1. The highest BCUT2D eigenvalue weighted by molar-refractivity contribution is 7.13. The molecule has 0 aromatic carbocycles. The van der Waals surface area contributed by atoms with Gasteiger partial charge in [-0.3, -0.25) is 15.0 Å². The van der Waals surface area contributed by atoms with Gasteiger partial charge in [-0.2, -0.15) is 0 Å². The Morgan fingerprint density at radius 1 is 1.04 bits per heavy atom. The molecule has 0 aliphatic rings. The minimum absolute atomic E-state index is 0.569. The fourth-order valence-corrected chi connectivity index (χ4v) is 3.16. The molecule has 8 heteroatoms. The number of nitrogens with one attached hydrogen (secondary N) is 1. The summed E-state index contributed by atoms with van der Waals surface area (Å²) in [5.74, 6) is 1.41. The van der Waals surface area contributed by atoms with E-state index in [0.717, 1.165) is 33.5 Å². The third kappa shape index (κ3) is 3.70. The second kappa shape index (κ2) is 7.32. The summed E-state index contributed by atoms with van der Waals surface area (Å²) in [6.45, 7) is 2.52. The van der Waals surface area contributed by atoms with Gasteiger partial charge in [0.25, 0.3) is 0 Å². The average Bonchev–Trinajstić information content (AvgIpc) is 3.16. The Bertz CT molecular complexity index is 1000. The first kappa shape index (κ1) is 16.2. The van der Waals surface area contributed by atoms with Crippen LogP contribution in [0.25, 0.3) is 22.1 Å². The van der Waals surface area contributed by atoms with Crippen molar-refractivity contribution < 1.29 is 0 Å². The van der Waals surface area contributed by atoms with Crippen molar-refractivity contribution in [2.75, 3.05) is 5.32 Å². The molecule has 0 fully saturated rings. The maximum atomic E-state index is 4.60. The van der Waals surface area contributed by atoms with Gasteiger partial charge in [0.05, 0.1) is 18.4 Å². The van der Waals surface area contributed by atoms with Gasteiger partial charge >= 0.3 is 0 Å². The van der Waals surface area contributed by atoms with Gasteiger partial charge in [-0.15, -0.1) is 11.3 Å². The lowest BCUT2D eigenvalue weighted by atomic mass is 10.2. The predicted molar refractivity (Wildman–Crippen MR) is 100 cm³/mol. The van der Waals surface area contributed by atoms with Gasteiger partial charge < -0.3 is 5.32 Å². The standard InChI is InChI=1S/C18H15N7S/c1-12-7-16(25-17(23-12)13-3-2-4-19-8-13)22-9-14-11-26-18(24-14)15-10-20-5-6-21-15/h2-8,10-11H,9H2,1H3,(H,22,23,25). The zero-order chi connectivity index (χ0) is 17.8. The summed E-state index contributed by atoms with van der Waals surface area (Å²) in [5, 5.41) is 6.17. The van der Waals surface area contributed by atoms with E-state index in [4.69, 9.17) is 0 Å². The number of aromatic nitrogens is 6. The molecular weight excluding hydrogens is 346 g/mol. The number of thiazole rings is 1. The number of rotatable bonds is 5. The fourth-order valence-electron chi connectivity index (χ4n) is 2.38. The minimum Gasteiger partial charge on any atom is -0.364 e. The van der Waals surface area contributed by atoms with Crippen molar-refractivity contribution in [1.29, 1.82) is 0 Å². The molecule has 0 amide bonds. The predicted octanol–water partition coefficient (Wildman–Crippen LogP) is 3.37. The summed E-state index contributed by atoms with van der Waals surface area (Å²) in [6, 6.07) is 5.73. The zero-order valence-corrected chi connectivity index (χ0v) is 14.8. The molecule has 0 aliphatic carbocycles. The molecule has 0 unspecified atom stereocenters. The van der Waals surface area contributed by atoms with Crippen LogP contribution in [0.4, 0.5) is 5.82 Å². The van der Waals surface area contributed by atoms with Crippen LogP contribution < -0.4 is 5.32 Å². The SMILES string of the molecule is Cc1cc(NCc2csc(-c3cnccn3)n2)nc(-c2cccnc2)n1. The van der Waals surface area contributed by atoms with Gasteiger partial charge in [-0.25, -0.2) is 15.0 Å². The van der Waals surface area contributed by atoms with Gasteiger partial charge in [0, 0.05) is 47.5 Å². The van der Waals surface area contributed by atoms with Crippen LogP contribution in [0.5, 0.6) is 0 Å². The molecule has 0 saturated carbocycles. The fraction of sp³-hybridized carbons (Fsp3) is 0.111. The molecule has 26 heavy (non-hydrogen) atoms. The minimum atomic E-state index is 0.569. The van der Waals surface area contributed by atoms with E-state index in [2.05, 4.69) is 35.2 Å². The van der Waals surface area contributed by atoms with Gasteiger partial charge in [-0.05, 0) is 19.1 Å². The number of pyridine rings is 1. The van der Waals surface area contributed by atoms with Crippen LogP contribution >= 0.6 is 11.3 Å². The number of anilines is 1. The molecule has 0 bridgehead atoms. The zero-order valence-electron chi connectivity index (χ0n) is 14.0. The second-order valence-corrected chi connectivity index (χ2v) is 6.41. The normalized spacial score (nSPS) is 10.7. The summed E-state index contributed by atoms with van der Waals surface area (Å²) in [7, 11) is 0. The van der Waals surface area contributed by atoms with Crippen molar-refractivity contribution in [3.8, 4) is 22.1 Å². The van der Waals surface area contributed by atoms with Crippen LogP contribution in [0.1, 0.15) is 11.4 Å². The molecule has 4 rings (SSSR count). The van der Waals surface area contributed by atoms with Crippen LogP contribution in [0.15, 0.2) is 54.6 Å². The summed E-state index contributed by atoms with van der Waals surface area (Å²) in [4.78, 5) is 26.1. The molecule has 0 atom stereocenters. The first-order chi connectivity index (χ1) is 12.8. The van der Waals surface area contributed by atoms with Gasteiger partial charge in [-0.1, -0.05) is 0 Å². The number of nitrogens with zero attached hydrogens (tertiary/aromatic N) is 6. The van der Waals surface area contributed by atoms with Crippen molar-refractivity contribution in [1.82, 2.24) is 29.9 Å². The lowest BCUT2D eigenvalue weighted by molar-refractivity contribution is 1.03. The summed E-state index contributed by atoms with van der Waals surface area (Å²) >= 11 is 1.55. The first-order valence-corrected chi connectivity index (χ1v) is 8.86. The molecule has 0 aliphatic heterocycles. The monoisotopic (exact) mass is 361 g/mol. The van der Waals surface area contributed by atoms with Crippen LogP contribution in [-0.2, 0) is 6.54 Å². The molecule has 0 saturated heterocycles.